The Hall–Kier alpha value is -1.18. The summed E-state index contributed by atoms with van der Waals surface area (Å²) in [5.41, 5.74) is 0. The zero-order valence-corrected chi connectivity index (χ0v) is 13.2. The minimum absolute atomic E-state index is 0.0782. The molecule has 0 aliphatic rings. The number of carbonyl (C=O) groups excluding carboxylic acids is 1. The van der Waals surface area contributed by atoms with Crippen LogP contribution in [0.2, 0.25) is 5.02 Å². The van der Waals surface area contributed by atoms with Crippen molar-refractivity contribution in [3.63, 3.8) is 0 Å². The van der Waals surface area contributed by atoms with Crippen molar-refractivity contribution in [3.8, 4) is 0 Å². The molecule has 0 unspecified atom stereocenters. The minimum Gasteiger partial charge on any atom is -0.355 e. The largest absolute Gasteiger partial charge is 0.355 e. The summed E-state index contributed by atoms with van der Waals surface area (Å²) < 4.78 is 25.4. The Labute approximate surface area is 124 Å². The Morgan fingerprint density at radius 1 is 1.50 bits per heavy atom. The minimum atomic E-state index is -3.83. The quantitative estimate of drug-likeness (QED) is 0.852. The third-order valence-corrected chi connectivity index (χ3v) is 4.77. The first-order chi connectivity index (χ1) is 9.25. The fourth-order valence-electron chi connectivity index (χ4n) is 1.38. The lowest BCUT2D eigenvalue weighted by atomic mass is 10.2. The molecule has 0 spiro atoms. The zero-order valence-electron chi connectivity index (χ0n) is 11.6. The van der Waals surface area contributed by atoms with E-state index in [9.17, 15) is 13.2 Å². The Bertz CT molecular complexity index is 575. The Morgan fingerprint density at radius 3 is 2.70 bits per heavy atom. The summed E-state index contributed by atoms with van der Waals surface area (Å²) in [7, 11) is -2.50. The van der Waals surface area contributed by atoms with Gasteiger partial charge in [0, 0.05) is 26.0 Å². The molecule has 1 aromatic rings. The van der Waals surface area contributed by atoms with Gasteiger partial charge in [0.2, 0.25) is 15.9 Å². The van der Waals surface area contributed by atoms with Gasteiger partial charge in [0.15, 0.2) is 0 Å². The summed E-state index contributed by atoms with van der Waals surface area (Å²) in [5.74, 6) is -0.0570. The molecule has 1 rings (SSSR count). The molecule has 20 heavy (non-hydrogen) atoms. The molecule has 0 saturated carbocycles. The molecule has 1 N–H and O–H groups in total. The fourth-order valence-corrected chi connectivity index (χ4v) is 2.91. The van der Waals surface area contributed by atoms with E-state index in [1.165, 1.54) is 25.5 Å². The van der Waals surface area contributed by atoms with E-state index in [4.69, 9.17) is 11.6 Å². The zero-order chi connectivity index (χ0) is 15.3. The van der Waals surface area contributed by atoms with Crippen molar-refractivity contribution in [3.05, 3.63) is 23.5 Å². The number of likely N-dealkylation sites (N-methyl/N-ethyl adjacent to an activating group) is 1. The topological polar surface area (TPSA) is 79.4 Å². The van der Waals surface area contributed by atoms with Crippen molar-refractivity contribution in [1.82, 2.24) is 14.6 Å². The lowest BCUT2D eigenvalue weighted by Gasteiger charge is -2.17. The maximum absolute atomic E-state index is 12.2. The first kappa shape index (κ1) is 16.9. The van der Waals surface area contributed by atoms with Gasteiger partial charge in [-0.1, -0.05) is 25.4 Å². The molecule has 0 aromatic carbocycles. The molecule has 1 aromatic heterocycles. The van der Waals surface area contributed by atoms with Crippen LogP contribution in [0.1, 0.15) is 13.8 Å². The Balaban J connectivity index is 2.78. The van der Waals surface area contributed by atoms with E-state index < -0.39 is 10.0 Å². The number of hydrogen-bond donors (Lipinski definition) is 1. The number of halogens is 1. The van der Waals surface area contributed by atoms with Gasteiger partial charge in [0.1, 0.15) is 4.90 Å². The van der Waals surface area contributed by atoms with E-state index in [2.05, 4.69) is 10.3 Å². The van der Waals surface area contributed by atoms with Gasteiger partial charge in [0.05, 0.1) is 11.6 Å². The molecule has 0 atom stereocenters. The van der Waals surface area contributed by atoms with Crippen molar-refractivity contribution >= 4 is 27.5 Å². The number of amides is 1. The van der Waals surface area contributed by atoms with Gasteiger partial charge in [-0.2, -0.15) is 4.31 Å². The van der Waals surface area contributed by atoms with Gasteiger partial charge in [-0.25, -0.2) is 8.42 Å². The lowest BCUT2D eigenvalue weighted by molar-refractivity contribution is -0.121. The molecule has 8 heteroatoms. The predicted molar refractivity (Wildman–Crippen MR) is 76.9 cm³/mol. The smallest absolute Gasteiger partial charge is 0.246 e. The highest BCUT2D eigenvalue weighted by Gasteiger charge is 2.25. The third-order valence-electron chi connectivity index (χ3n) is 2.50. The van der Waals surface area contributed by atoms with Crippen LogP contribution in [-0.2, 0) is 14.8 Å². The van der Waals surface area contributed by atoms with Crippen LogP contribution in [0.15, 0.2) is 23.4 Å². The van der Waals surface area contributed by atoms with Gasteiger partial charge >= 0.3 is 0 Å². The van der Waals surface area contributed by atoms with Crippen LogP contribution >= 0.6 is 11.6 Å². The summed E-state index contributed by atoms with van der Waals surface area (Å²) in [6.07, 6.45) is 2.57. The van der Waals surface area contributed by atoms with Crippen molar-refractivity contribution in [1.29, 1.82) is 0 Å². The van der Waals surface area contributed by atoms with Gasteiger partial charge in [0.25, 0.3) is 0 Å². The summed E-state index contributed by atoms with van der Waals surface area (Å²) >= 11 is 5.85. The summed E-state index contributed by atoms with van der Waals surface area (Å²) in [4.78, 5) is 15.3. The molecule has 0 aliphatic heterocycles. The maximum atomic E-state index is 12.2. The highest BCUT2D eigenvalue weighted by Crippen LogP contribution is 2.22. The molecule has 0 aliphatic carbocycles. The summed E-state index contributed by atoms with van der Waals surface area (Å²) in [5, 5.41) is 2.74. The summed E-state index contributed by atoms with van der Waals surface area (Å²) in [6, 6.07) is 1.39. The molecule has 0 radical (unpaired) electrons. The maximum Gasteiger partial charge on any atom is 0.246 e. The molecule has 6 nitrogen and oxygen atoms in total. The highest BCUT2D eigenvalue weighted by atomic mass is 35.5. The average molecular weight is 320 g/mol. The number of rotatable bonds is 6. The Morgan fingerprint density at radius 2 is 2.15 bits per heavy atom. The number of aromatic nitrogens is 1. The third kappa shape index (κ3) is 4.43. The standard InChI is InChI=1S/C12H18ClN3O3S/c1-9(2)6-15-12(17)8-16(3)20(18,19)11-7-14-5-4-10(11)13/h4-5,7,9H,6,8H2,1-3H3,(H,15,17). The van der Waals surface area contributed by atoms with E-state index in [1.54, 1.807) is 0 Å². The number of pyridine rings is 1. The van der Waals surface area contributed by atoms with Gasteiger partial charge in [-0.05, 0) is 12.0 Å². The number of carbonyl (C=O) groups is 1. The van der Waals surface area contributed by atoms with Crippen LogP contribution in [-0.4, -0.2) is 43.8 Å². The summed E-state index contributed by atoms with van der Waals surface area (Å²) in [6.45, 7) is 4.15. The highest BCUT2D eigenvalue weighted by molar-refractivity contribution is 7.89. The number of sulfonamides is 1. The second-order valence-electron chi connectivity index (χ2n) is 4.77. The van der Waals surface area contributed by atoms with Gasteiger partial charge in [-0.3, -0.25) is 9.78 Å². The van der Waals surface area contributed by atoms with Crippen LogP contribution < -0.4 is 5.32 Å². The van der Waals surface area contributed by atoms with E-state index in [-0.39, 0.29) is 22.4 Å². The van der Waals surface area contributed by atoms with Crippen molar-refractivity contribution in [2.75, 3.05) is 20.1 Å². The molecular weight excluding hydrogens is 302 g/mol. The van der Waals surface area contributed by atoms with Crippen molar-refractivity contribution < 1.29 is 13.2 Å². The van der Waals surface area contributed by atoms with Gasteiger partial charge < -0.3 is 5.32 Å². The Kier molecular flexibility index (Phi) is 5.91. The molecule has 1 amide bonds. The predicted octanol–water partition coefficient (Wildman–Crippen LogP) is 1.13. The van der Waals surface area contributed by atoms with Crippen LogP contribution in [0.3, 0.4) is 0 Å². The first-order valence-electron chi connectivity index (χ1n) is 6.07. The fraction of sp³-hybridized carbons (Fsp3) is 0.500. The average Bonchev–Trinajstić information content (AvgIpc) is 2.36. The van der Waals surface area contributed by atoms with E-state index >= 15 is 0 Å². The van der Waals surface area contributed by atoms with E-state index in [0.717, 1.165) is 4.31 Å². The second-order valence-corrected chi connectivity index (χ2v) is 7.19. The van der Waals surface area contributed by atoms with Gasteiger partial charge in [-0.15, -0.1) is 0 Å². The van der Waals surface area contributed by atoms with Crippen LogP contribution in [0.4, 0.5) is 0 Å². The van der Waals surface area contributed by atoms with Crippen LogP contribution in [0.5, 0.6) is 0 Å². The molecule has 112 valence electrons. The first-order valence-corrected chi connectivity index (χ1v) is 7.89. The molecule has 0 bridgehead atoms. The SMILES string of the molecule is CC(C)CNC(=O)CN(C)S(=O)(=O)c1cnccc1Cl. The molecule has 0 fully saturated rings. The van der Waals surface area contributed by atoms with E-state index in [1.807, 2.05) is 13.8 Å². The number of nitrogens with zero attached hydrogens (tertiary/aromatic N) is 2. The van der Waals surface area contributed by atoms with Crippen molar-refractivity contribution in [2.45, 2.75) is 18.7 Å². The number of nitrogens with one attached hydrogen (secondary N) is 1. The molecular formula is C12H18ClN3O3S. The molecule has 0 saturated heterocycles. The van der Waals surface area contributed by atoms with Crippen LogP contribution in [0.25, 0.3) is 0 Å². The van der Waals surface area contributed by atoms with Crippen LogP contribution in [0, 0.1) is 5.92 Å². The monoisotopic (exact) mass is 319 g/mol. The molecule has 1 heterocycles. The second kappa shape index (κ2) is 7.01. The number of hydrogen-bond acceptors (Lipinski definition) is 4. The normalized spacial score (nSPS) is 11.9. The van der Waals surface area contributed by atoms with Crippen molar-refractivity contribution in [2.24, 2.45) is 5.92 Å². The lowest BCUT2D eigenvalue weighted by Crippen LogP contribution is -2.39. The van der Waals surface area contributed by atoms with E-state index in [0.29, 0.717) is 12.5 Å².